The zero-order chi connectivity index (χ0) is 21.3. The number of hydrogen-bond donors (Lipinski definition) is 3. The lowest BCUT2D eigenvalue weighted by Crippen LogP contribution is -2.47. The summed E-state index contributed by atoms with van der Waals surface area (Å²) in [7, 11) is 0. The SMILES string of the molecule is CCOc1cc(C(=O)N2CCCCC2C(=O)O)ccc1-c1nc2n[nH]nc2c(=O)[nH]1. The third kappa shape index (κ3) is 3.49. The number of carboxylic acids is 1. The van der Waals surface area contributed by atoms with Crippen LogP contribution in [0.4, 0.5) is 0 Å². The summed E-state index contributed by atoms with van der Waals surface area (Å²) >= 11 is 0. The second-order valence-corrected chi connectivity index (χ2v) is 6.90. The van der Waals surface area contributed by atoms with Crippen molar-refractivity contribution in [1.29, 1.82) is 0 Å². The summed E-state index contributed by atoms with van der Waals surface area (Å²) in [6, 6.07) is 3.89. The molecule has 3 aromatic rings. The number of hydrogen-bond acceptors (Lipinski definition) is 7. The fourth-order valence-corrected chi connectivity index (χ4v) is 3.61. The van der Waals surface area contributed by atoms with Crippen molar-refractivity contribution < 1.29 is 19.4 Å². The topological polar surface area (TPSA) is 154 Å². The van der Waals surface area contributed by atoms with Crippen LogP contribution in [0.5, 0.6) is 5.75 Å². The third-order valence-corrected chi connectivity index (χ3v) is 5.03. The van der Waals surface area contributed by atoms with E-state index >= 15 is 0 Å². The molecule has 0 saturated carbocycles. The van der Waals surface area contributed by atoms with E-state index in [9.17, 15) is 19.5 Å². The number of aromatic amines is 2. The van der Waals surface area contributed by atoms with Gasteiger partial charge in [0.2, 0.25) is 5.65 Å². The number of H-pyrrole nitrogens is 2. The first-order valence-corrected chi connectivity index (χ1v) is 9.61. The number of carboxylic acid groups (broad SMARTS) is 1. The van der Waals surface area contributed by atoms with Crippen molar-refractivity contribution in [2.75, 3.05) is 13.2 Å². The van der Waals surface area contributed by atoms with Crippen LogP contribution in [-0.2, 0) is 4.79 Å². The number of carbonyl (C=O) groups is 2. The summed E-state index contributed by atoms with van der Waals surface area (Å²) in [4.78, 5) is 45.1. The van der Waals surface area contributed by atoms with Gasteiger partial charge in [-0.3, -0.25) is 9.59 Å². The molecule has 3 heterocycles. The zero-order valence-electron chi connectivity index (χ0n) is 16.2. The zero-order valence-corrected chi connectivity index (χ0v) is 16.2. The van der Waals surface area contributed by atoms with Crippen molar-refractivity contribution in [2.24, 2.45) is 0 Å². The molecule has 0 spiro atoms. The molecule has 30 heavy (non-hydrogen) atoms. The maximum Gasteiger partial charge on any atom is 0.326 e. The number of benzene rings is 1. The standard InChI is InChI=1S/C19H20N6O5/c1-2-30-13-9-10(18(27)25-8-4-3-5-12(25)19(28)29)6-7-11(13)15-20-16-14(17(26)21-15)22-24-23-16/h6-7,9,12H,2-5,8H2,1H3,(H,28,29)(H2,20,21,22,23,24,26). The number of aromatic nitrogens is 5. The Kier molecular flexibility index (Phi) is 5.17. The Bertz CT molecular complexity index is 1170. The Morgan fingerprint density at radius 2 is 2.13 bits per heavy atom. The molecule has 4 rings (SSSR count). The fourth-order valence-electron chi connectivity index (χ4n) is 3.61. The third-order valence-electron chi connectivity index (χ3n) is 5.03. The van der Waals surface area contributed by atoms with E-state index in [2.05, 4.69) is 25.4 Å². The molecule has 1 atom stereocenters. The van der Waals surface area contributed by atoms with Crippen LogP contribution in [-0.4, -0.2) is 66.5 Å². The lowest BCUT2D eigenvalue weighted by Gasteiger charge is -2.33. The van der Waals surface area contributed by atoms with Crippen molar-refractivity contribution in [1.82, 2.24) is 30.3 Å². The first-order valence-electron chi connectivity index (χ1n) is 9.61. The number of likely N-dealkylation sites (tertiary alicyclic amines) is 1. The fraction of sp³-hybridized carbons (Fsp3) is 0.368. The largest absolute Gasteiger partial charge is 0.493 e. The van der Waals surface area contributed by atoms with E-state index in [1.165, 1.54) is 4.90 Å². The normalized spacial score (nSPS) is 16.6. The average Bonchev–Trinajstić information content (AvgIpc) is 3.23. The number of ether oxygens (including phenoxy) is 1. The first kappa shape index (κ1) is 19.6. The highest BCUT2D eigenvalue weighted by Crippen LogP contribution is 2.30. The number of rotatable bonds is 5. The van der Waals surface area contributed by atoms with Gasteiger partial charge in [-0.1, -0.05) is 0 Å². The van der Waals surface area contributed by atoms with Gasteiger partial charge in [-0.05, 0) is 44.4 Å². The Labute approximate surface area is 170 Å². The first-order chi connectivity index (χ1) is 14.5. The molecule has 156 valence electrons. The summed E-state index contributed by atoms with van der Waals surface area (Å²) in [5.74, 6) is -0.807. The van der Waals surface area contributed by atoms with Crippen molar-refractivity contribution in [3.8, 4) is 17.1 Å². The van der Waals surface area contributed by atoms with Crippen molar-refractivity contribution >= 4 is 23.0 Å². The molecule has 0 aliphatic carbocycles. The van der Waals surface area contributed by atoms with E-state index in [0.29, 0.717) is 36.4 Å². The summed E-state index contributed by atoms with van der Waals surface area (Å²) in [5, 5.41) is 19.4. The van der Waals surface area contributed by atoms with Gasteiger partial charge >= 0.3 is 5.97 Å². The Hall–Kier alpha value is -3.76. The molecule has 1 amide bonds. The van der Waals surface area contributed by atoms with E-state index in [0.717, 1.165) is 12.8 Å². The number of aliphatic carboxylic acids is 1. The molecule has 0 bridgehead atoms. The van der Waals surface area contributed by atoms with Crippen molar-refractivity contribution in [3.63, 3.8) is 0 Å². The number of nitrogens with one attached hydrogen (secondary N) is 2. The predicted octanol–water partition coefficient (Wildman–Crippen LogP) is 1.19. The Morgan fingerprint density at radius 1 is 1.30 bits per heavy atom. The summed E-state index contributed by atoms with van der Waals surface area (Å²) in [5.41, 5.74) is 0.579. The number of amides is 1. The molecule has 1 saturated heterocycles. The number of piperidine rings is 1. The van der Waals surface area contributed by atoms with Gasteiger partial charge in [0.25, 0.3) is 11.5 Å². The van der Waals surface area contributed by atoms with Crippen LogP contribution in [0.2, 0.25) is 0 Å². The van der Waals surface area contributed by atoms with E-state index < -0.39 is 17.6 Å². The minimum Gasteiger partial charge on any atom is -0.493 e. The quantitative estimate of drug-likeness (QED) is 0.564. The molecule has 0 radical (unpaired) electrons. The predicted molar refractivity (Wildman–Crippen MR) is 105 cm³/mol. The van der Waals surface area contributed by atoms with E-state index in [1.807, 2.05) is 0 Å². The van der Waals surface area contributed by atoms with Gasteiger partial charge in [-0.2, -0.15) is 5.21 Å². The van der Waals surface area contributed by atoms with E-state index in [-0.39, 0.29) is 22.9 Å². The van der Waals surface area contributed by atoms with Gasteiger partial charge in [-0.15, -0.1) is 10.2 Å². The molecule has 3 N–H and O–H groups in total. The molecule has 11 nitrogen and oxygen atoms in total. The van der Waals surface area contributed by atoms with Crippen molar-refractivity contribution in [2.45, 2.75) is 32.2 Å². The molecule has 1 unspecified atom stereocenters. The maximum atomic E-state index is 13.0. The van der Waals surface area contributed by atoms with Gasteiger partial charge in [0.1, 0.15) is 17.6 Å². The minimum absolute atomic E-state index is 0.0910. The van der Waals surface area contributed by atoms with Crippen LogP contribution in [0, 0.1) is 0 Å². The average molecular weight is 412 g/mol. The van der Waals surface area contributed by atoms with Gasteiger partial charge in [0, 0.05) is 12.1 Å². The van der Waals surface area contributed by atoms with Crippen LogP contribution in [0.15, 0.2) is 23.0 Å². The maximum absolute atomic E-state index is 13.0. The Morgan fingerprint density at radius 3 is 2.90 bits per heavy atom. The second-order valence-electron chi connectivity index (χ2n) is 6.90. The molecule has 1 aliphatic heterocycles. The lowest BCUT2D eigenvalue weighted by atomic mass is 10.00. The highest BCUT2D eigenvalue weighted by Gasteiger charge is 2.32. The molecule has 1 fully saturated rings. The summed E-state index contributed by atoms with van der Waals surface area (Å²) < 4.78 is 5.68. The smallest absolute Gasteiger partial charge is 0.326 e. The molecule has 11 heteroatoms. The van der Waals surface area contributed by atoms with Crippen molar-refractivity contribution in [3.05, 3.63) is 34.1 Å². The monoisotopic (exact) mass is 412 g/mol. The summed E-state index contributed by atoms with van der Waals surface area (Å²) in [6.45, 7) is 2.50. The van der Waals surface area contributed by atoms with Crippen LogP contribution >= 0.6 is 0 Å². The molecular formula is C19H20N6O5. The van der Waals surface area contributed by atoms with Crippen LogP contribution < -0.4 is 10.3 Å². The number of nitrogens with zero attached hydrogens (tertiary/aromatic N) is 4. The van der Waals surface area contributed by atoms with E-state index in [4.69, 9.17) is 4.74 Å². The van der Waals surface area contributed by atoms with Gasteiger partial charge < -0.3 is 19.7 Å². The Balaban J connectivity index is 1.73. The second kappa shape index (κ2) is 7.93. The number of fused-ring (bicyclic) bond motifs is 1. The highest BCUT2D eigenvalue weighted by molar-refractivity contribution is 5.97. The highest BCUT2D eigenvalue weighted by atomic mass is 16.5. The molecular weight excluding hydrogens is 392 g/mol. The summed E-state index contributed by atoms with van der Waals surface area (Å²) in [6.07, 6.45) is 1.96. The lowest BCUT2D eigenvalue weighted by molar-refractivity contribution is -0.143. The van der Waals surface area contributed by atoms with Crippen LogP contribution in [0.25, 0.3) is 22.6 Å². The molecule has 1 aromatic carbocycles. The minimum atomic E-state index is -1.01. The van der Waals surface area contributed by atoms with E-state index in [1.54, 1.807) is 25.1 Å². The van der Waals surface area contributed by atoms with Gasteiger partial charge in [0.05, 0.1) is 12.2 Å². The van der Waals surface area contributed by atoms with Crippen LogP contribution in [0.1, 0.15) is 36.5 Å². The number of carbonyl (C=O) groups excluding carboxylic acids is 1. The molecule has 2 aromatic heterocycles. The molecule has 1 aliphatic rings. The van der Waals surface area contributed by atoms with Gasteiger partial charge in [0.15, 0.2) is 5.52 Å². The van der Waals surface area contributed by atoms with Gasteiger partial charge in [-0.25, -0.2) is 9.78 Å². The van der Waals surface area contributed by atoms with Crippen LogP contribution in [0.3, 0.4) is 0 Å².